The Bertz CT molecular complexity index is 490. The van der Waals surface area contributed by atoms with E-state index in [2.05, 4.69) is 48.1 Å². The van der Waals surface area contributed by atoms with E-state index in [9.17, 15) is 0 Å². The first kappa shape index (κ1) is 15.6. The molecule has 2 saturated carbocycles. The van der Waals surface area contributed by atoms with Gasteiger partial charge in [-0.3, -0.25) is 0 Å². The highest BCUT2D eigenvalue weighted by atomic mass is 127. The molecular weight excluding hydrogens is 361 g/mol. The van der Waals surface area contributed by atoms with Gasteiger partial charge in [-0.2, -0.15) is 0 Å². The normalized spacial score (nSPS) is 25.6. The Kier molecular flexibility index (Phi) is 4.94. The maximum absolute atomic E-state index is 6.06. The Hall–Kier alpha value is -0.780. The van der Waals surface area contributed by atoms with Crippen molar-refractivity contribution in [2.45, 2.75) is 50.6 Å². The SMILES string of the molecule is Cc1ccccc1C1CC(N=C(N)N(C)C2CC2)C1.I. The third-order valence-corrected chi connectivity index (χ3v) is 4.51. The van der Waals surface area contributed by atoms with Gasteiger partial charge in [0.25, 0.3) is 0 Å². The summed E-state index contributed by atoms with van der Waals surface area (Å²) in [4.78, 5) is 6.81. The molecule has 4 heteroatoms. The van der Waals surface area contributed by atoms with Gasteiger partial charge in [-0.1, -0.05) is 24.3 Å². The van der Waals surface area contributed by atoms with Gasteiger partial charge in [0.15, 0.2) is 5.96 Å². The first-order valence-corrected chi connectivity index (χ1v) is 7.27. The van der Waals surface area contributed by atoms with Crippen LogP contribution in [0, 0.1) is 6.92 Å². The molecule has 2 aliphatic carbocycles. The van der Waals surface area contributed by atoms with Crippen molar-refractivity contribution in [2.75, 3.05) is 7.05 Å². The van der Waals surface area contributed by atoms with Gasteiger partial charge in [-0.25, -0.2) is 4.99 Å². The number of halogens is 1. The first-order valence-electron chi connectivity index (χ1n) is 7.27. The molecule has 0 spiro atoms. The van der Waals surface area contributed by atoms with E-state index in [-0.39, 0.29) is 24.0 Å². The van der Waals surface area contributed by atoms with Crippen LogP contribution in [0.2, 0.25) is 0 Å². The van der Waals surface area contributed by atoms with Crippen molar-refractivity contribution in [3.05, 3.63) is 35.4 Å². The standard InChI is InChI=1S/C16H23N3.HI/c1-11-5-3-4-6-15(11)12-9-13(10-12)18-16(17)19(2)14-7-8-14;/h3-6,12-14H,7-10H2,1-2H3,(H2,17,18);1H. The summed E-state index contributed by atoms with van der Waals surface area (Å²) in [5, 5.41) is 0. The highest BCUT2D eigenvalue weighted by Gasteiger charge is 2.32. The number of guanidine groups is 1. The lowest BCUT2D eigenvalue weighted by Crippen LogP contribution is -2.38. The van der Waals surface area contributed by atoms with Gasteiger partial charge in [0.05, 0.1) is 6.04 Å². The molecule has 0 amide bonds. The third kappa shape index (κ3) is 3.27. The van der Waals surface area contributed by atoms with E-state index in [1.807, 2.05) is 0 Å². The Balaban J connectivity index is 0.00000147. The minimum absolute atomic E-state index is 0. The molecule has 2 N–H and O–H groups in total. The zero-order valence-electron chi connectivity index (χ0n) is 12.2. The minimum atomic E-state index is 0. The van der Waals surface area contributed by atoms with Crippen molar-refractivity contribution in [3.8, 4) is 0 Å². The number of nitrogens with two attached hydrogens (primary N) is 1. The number of nitrogens with zero attached hydrogens (tertiary/aromatic N) is 2. The van der Waals surface area contributed by atoms with Crippen LogP contribution in [0.5, 0.6) is 0 Å². The molecule has 0 radical (unpaired) electrons. The maximum atomic E-state index is 6.06. The Morgan fingerprint density at radius 1 is 1.25 bits per heavy atom. The Morgan fingerprint density at radius 2 is 1.90 bits per heavy atom. The van der Waals surface area contributed by atoms with Gasteiger partial charge < -0.3 is 10.6 Å². The van der Waals surface area contributed by atoms with Crippen LogP contribution in [0.15, 0.2) is 29.3 Å². The predicted molar refractivity (Wildman–Crippen MR) is 94.8 cm³/mol. The zero-order chi connectivity index (χ0) is 13.4. The summed E-state index contributed by atoms with van der Waals surface area (Å²) in [5.41, 5.74) is 8.95. The summed E-state index contributed by atoms with van der Waals surface area (Å²) in [5.74, 6) is 1.41. The monoisotopic (exact) mass is 385 g/mol. The average molecular weight is 385 g/mol. The summed E-state index contributed by atoms with van der Waals surface area (Å²) in [6, 6.07) is 9.76. The van der Waals surface area contributed by atoms with E-state index in [1.165, 1.54) is 24.0 Å². The molecule has 1 aromatic rings. The lowest BCUT2D eigenvalue weighted by molar-refractivity contribution is 0.346. The number of rotatable bonds is 3. The highest BCUT2D eigenvalue weighted by molar-refractivity contribution is 14.0. The van der Waals surface area contributed by atoms with Gasteiger partial charge in [0, 0.05) is 13.1 Å². The first-order chi connectivity index (χ1) is 9.15. The number of hydrogen-bond donors (Lipinski definition) is 1. The van der Waals surface area contributed by atoms with Crippen LogP contribution in [-0.2, 0) is 0 Å². The van der Waals surface area contributed by atoms with Gasteiger partial charge >= 0.3 is 0 Å². The molecule has 0 aliphatic heterocycles. The second-order valence-corrected chi connectivity index (χ2v) is 6.01. The lowest BCUT2D eigenvalue weighted by Gasteiger charge is -2.34. The molecule has 0 unspecified atom stereocenters. The highest BCUT2D eigenvalue weighted by Crippen LogP contribution is 2.40. The predicted octanol–water partition coefficient (Wildman–Crippen LogP) is 3.27. The third-order valence-electron chi connectivity index (χ3n) is 4.51. The molecule has 20 heavy (non-hydrogen) atoms. The second-order valence-electron chi connectivity index (χ2n) is 6.01. The quantitative estimate of drug-likeness (QED) is 0.493. The molecular formula is C16H24IN3. The van der Waals surface area contributed by atoms with Gasteiger partial charge in [0.2, 0.25) is 0 Å². The van der Waals surface area contributed by atoms with Crippen molar-refractivity contribution in [1.82, 2.24) is 4.90 Å². The Morgan fingerprint density at radius 3 is 2.50 bits per heavy atom. The van der Waals surface area contributed by atoms with Crippen LogP contribution in [-0.4, -0.2) is 30.0 Å². The molecule has 0 saturated heterocycles. The summed E-state index contributed by atoms with van der Waals surface area (Å²) in [6.07, 6.45) is 4.82. The molecule has 110 valence electrons. The topological polar surface area (TPSA) is 41.6 Å². The number of aryl methyl sites for hydroxylation is 1. The van der Waals surface area contributed by atoms with Gasteiger partial charge in [0.1, 0.15) is 0 Å². The summed E-state index contributed by atoms with van der Waals surface area (Å²) in [7, 11) is 2.06. The molecule has 0 aromatic heterocycles. The van der Waals surface area contributed by atoms with Crippen molar-refractivity contribution in [2.24, 2.45) is 10.7 Å². The van der Waals surface area contributed by atoms with Crippen molar-refractivity contribution in [3.63, 3.8) is 0 Å². The average Bonchev–Trinajstić information content (AvgIpc) is 3.17. The molecule has 3 nitrogen and oxygen atoms in total. The minimum Gasteiger partial charge on any atom is -0.370 e. The fourth-order valence-corrected chi connectivity index (χ4v) is 2.92. The smallest absolute Gasteiger partial charge is 0.191 e. The van der Waals surface area contributed by atoms with E-state index >= 15 is 0 Å². The largest absolute Gasteiger partial charge is 0.370 e. The Labute approximate surface area is 138 Å². The molecule has 1 aromatic carbocycles. The molecule has 3 rings (SSSR count). The van der Waals surface area contributed by atoms with E-state index in [0.717, 1.165) is 18.8 Å². The summed E-state index contributed by atoms with van der Waals surface area (Å²) < 4.78 is 0. The van der Waals surface area contributed by atoms with Crippen molar-refractivity contribution < 1.29 is 0 Å². The second kappa shape index (κ2) is 6.33. The van der Waals surface area contributed by atoms with Crippen LogP contribution in [0.4, 0.5) is 0 Å². The summed E-state index contributed by atoms with van der Waals surface area (Å²) in [6.45, 7) is 2.20. The molecule has 0 atom stereocenters. The fraction of sp³-hybridized carbons (Fsp3) is 0.562. The van der Waals surface area contributed by atoms with Crippen LogP contribution < -0.4 is 5.73 Å². The van der Waals surface area contributed by atoms with E-state index in [1.54, 1.807) is 0 Å². The van der Waals surface area contributed by atoms with Crippen LogP contribution in [0.3, 0.4) is 0 Å². The maximum Gasteiger partial charge on any atom is 0.191 e. The fourth-order valence-electron chi connectivity index (χ4n) is 2.92. The molecule has 0 bridgehead atoms. The molecule has 2 aliphatic rings. The number of hydrogen-bond acceptors (Lipinski definition) is 1. The van der Waals surface area contributed by atoms with Crippen LogP contribution in [0.25, 0.3) is 0 Å². The lowest BCUT2D eigenvalue weighted by atomic mass is 9.75. The summed E-state index contributed by atoms with van der Waals surface area (Å²) >= 11 is 0. The number of aliphatic imine (C=N–C) groups is 1. The van der Waals surface area contributed by atoms with E-state index < -0.39 is 0 Å². The van der Waals surface area contributed by atoms with Crippen LogP contribution >= 0.6 is 24.0 Å². The van der Waals surface area contributed by atoms with E-state index in [0.29, 0.717) is 18.0 Å². The molecule has 0 heterocycles. The van der Waals surface area contributed by atoms with Crippen molar-refractivity contribution >= 4 is 29.9 Å². The number of benzene rings is 1. The van der Waals surface area contributed by atoms with Crippen LogP contribution in [0.1, 0.15) is 42.7 Å². The van der Waals surface area contributed by atoms with Crippen molar-refractivity contribution in [1.29, 1.82) is 0 Å². The van der Waals surface area contributed by atoms with E-state index in [4.69, 9.17) is 5.73 Å². The van der Waals surface area contributed by atoms with Gasteiger partial charge in [-0.15, -0.1) is 24.0 Å². The zero-order valence-corrected chi connectivity index (χ0v) is 14.6. The molecule has 2 fully saturated rings. The van der Waals surface area contributed by atoms with Gasteiger partial charge in [-0.05, 0) is 49.7 Å².